The van der Waals surface area contributed by atoms with Gasteiger partial charge in [-0.25, -0.2) is 0 Å². The number of hydrogen-bond donors (Lipinski definition) is 0. The second kappa shape index (κ2) is 3.75. The molecule has 13 heavy (non-hydrogen) atoms. The van der Waals surface area contributed by atoms with Crippen molar-refractivity contribution in [2.24, 2.45) is 0 Å². The third-order valence-electron chi connectivity index (χ3n) is 1.56. The predicted molar refractivity (Wildman–Crippen MR) is 58.3 cm³/mol. The second-order valence-electron chi connectivity index (χ2n) is 2.70. The lowest BCUT2D eigenvalue weighted by Gasteiger charge is -2.13. The lowest BCUT2D eigenvalue weighted by molar-refractivity contribution is -0.384. The molecular weight excluding hydrogens is 302 g/mol. The van der Waals surface area contributed by atoms with E-state index in [1.54, 1.807) is 6.07 Å². The molecule has 0 saturated carbocycles. The Hall–Kier alpha value is -0.420. The van der Waals surface area contributed by atoms with Crippen LogP contribution in [0.15, 0.2) is 24.3 Å². The van der Waals surface area contributed by atoms with Gasteiger partial charge in [0.15, 0.2) is 0 Å². The van der Waals surface area contributed by atoms with Crippen molar-refractivity contribution in [1.29, 1.82) is 0 Å². The monoisotopic (exact) mass is 307 g/mol. The van der Waals surface area contributed by atoms with Crippen LogP contribution in [0.1, 0.15) is 12.5 Å². The van der Waals surface area contributed by atoms with E-state index in [1.807, 2.05) is 13.0 Å². The van der Waals surface area contributed by atoms with Gasteiger partial charge in [-0.2, -0.15) is 0 Å². The molecule has 1 aromatic carbocycles. The zero-order valence-electron chi connectivity index (χ0n) is 6.83. The first-order valence-corrected chi connectivity index (χ1v) is 5.12. The van der Waals surface area contributed by atoms with Gasteiger partial charge < -0.3 is 0 Å². The zero-order valence-corrected chi connectivity index (χ0v) is 10.0. The molecule has 0 fully saturated rings. The molecule has 0 N–H and O–H groups in total. The van der Waals surface area contributed by atoms with Crippen LogP contribution in [0, 0.1) is 10.1 Å². The van der Waals surface area contributed by atoms with Crippen molar-refractivity contribution in [3.63, 3.8) is 0 Å². The summed E-state index contributed by atoms with van der Waals surface area (Å²) >= 11 is 6.73. The van der Waals surface area contributed by atoms with Crippen LogP contribution in [-0.2, 0) is 3.23 Å². The van der Waals surface area contributed by atoms with Crippen LogP contribution < -0.4 is 0 Å². The molecule has 5 heteroatoms. The Morgan fingerprint density at radius 1 is 1.46 bits per heavy atom. The van der Waals surface area contributed by atoms with Crippen molar-refractivity contribution in [1.82, 2.24) is 0 Å². The number of non-ortho nitro benzene ring substituents is 1. The Bertz CT molecular complexity index is 333. The van der Waals surface area contributed by atoms with Crippen molar-refractivity contribution in [3.8, 4) is 0 Å². The molecule has 0 aliphatic rings. The lowest BCUT2D eigenvalue weighted by Crippen LogP contribution is -2.02. The first-order chi connectivity index (χ1) is 5.91. The predicted octanol–water partition coefficient (Wildman–Crippen LogP) is 3.56. The summed E-state index contributed by atoms with van der Waals surface area (Å²) in [5, 5.41) is 10.5. The van der Waals surface area contributed by atoms with Crippen molar-refractivity contribution in [2.75, 3.05) is 0 Å². The van der Waals surface area contributed by atoms with Gasteiger partial charge in [-0.05, 0) is 12.5 Å². The van der Waals surface area contributed by atoms with E-state index in [0.29, 0.717) is 0 Å². The number of nitrogens with zero attached hydrogens (tertiary/aromatic N) is 1. The fourth-order valence-electron chi connectivity index (χ4n) is 0.893. The summed E-state index contributed by atoms with van der Waals surface area (Å²) in [6.45, 7) is 1.87. The number of nitro benzene ring substituents is 1. The van der Waals surface area contributed by atoms with Crippen LogP contribution in [0.5, 0.6) is 0 Å². The summed E-state index contributed by atoms with van der Waals surface area (Å²) in [4.78, 5) is 10.0. The van der Waals surface area contributed by atoms with Gasteiger partial charge in [-0.3, -0.25) is 10.1 Å². The Morgan fingerprint density at radius 3 is 2.54 bits per heavy atom. The molecule has 0 aromatic heterocycles. The first-order valence-electron chi connectivity index (χ1n) is 3.54. The van der Waals surface area contributed by atoms with Gasteiger partial charge in [-0.1, -0.05) is 44.0 Å². The number of rotatable bonds is 2. The van der Waals surface area contributed by atoms with E-state index < -0.39 is 8.16 Å². The van der Waals surface area contributed by atoms with Gasteiger partial charge >= 0.3 is 0 Å². The topological polar surface area (TPSA) is 43.1 Å². The average Bonchev–Trinajstić information content (AvgIpc) is 2.03. The maximum Gasteiger partial charge on any atom is 0.269 e. The maximum absolute atomic E-state index is 10.5. The van der Waals surface area contributed by atoms with E-state index in [4.69, 9.17) is 0 Å². The Morgan fingerprint density at radius 2 is 2.08 bits per heavy atom. The van der Waals surface area contributed by atoms with E-state index >= 15 is 0 Å². The third-order valence-corrected chi connectivity index (χ3v) is 2.48. The lowest BCUT2D eigenvalue weighted by atomic mass is 10.1. The fourth-order valence-corrected chi connectivity index (χ4v) is 1.39. The summed E-state index contributed by atoms with van der Waals surface area (Å²) in [7, 11) is 0. The molecule has 0 aliphatic carbocycles. The molecule has 0 bridgehead atoms. The molecule has 3 nitrogen and oxygen atoms in total. The molecule has 70 valence electrons. The van der Waals surface area contributed by atoms with E-state index in [0.717, 1.165) is 5.56 Å². The van der Waals surface area contributed by atoms with E-state index in [-0.39, 0.29) is 5.69 Å². The molecular formula is C8H7Br2NO2. The second-order valence-corrected chi connectivity index (χ2v) is 6.93. The van der Waals surface area contributed by atoms with Gasteiger partial charge in [0.2, 0.25) is 0 Å². The van der Waals surface area contributed by atoms with Gasteiger partial charge in [-0.15, -0.1) is 0 Å². The fraction of sp³-hybridized carbons (Fsp3) is 0.250. The molecule has 1 aromatic rings. The molecule has 0 amide bonds. The number of alkyl halides is 2. The van der Waals surface area contributed by atoms with Crippen molar-refractivity contribution in [2.45, 2.75) is 10.2 Å². The van der Waals surface area contributed by atoms with Crippen LogP contribution in [0.3, 0.4) is 0 Å². The minimum Gasteiger partial charge on any atom is -0.258 e. The minimum atomic E-state index is -0.411. The highest BCUT2D eigenvalue weighted by molar-refractivity contribution is 9.24. The SMILES string of the molecule is CC(Br)(Br)c1cccc([N+](=O)[O-])c1. The van der Waals surface area contributed by atoms with Crippen LogP contribution in [0.4, 0.5) is 5.69 Å². The average molecular weight is 309 g/mol. The highest BCUT2D eigenvalue weighted by Crippen LogP contribution is 2.38. The smallest absolute Gasteiger partial charge is 0.258 e. The summed E-state index contributed by atoms with van der Waals surface area (Å²) in [5.74, 6) is 0. The number of hydrogen-bond acceptors (Lipinski definition) is 2. The van der Waals surface area contributed by atoms with Crippen molar-refractivity contribution in [3.05, 3.63) is 39.9 Å². The number of nitro groups is 1. The van der Waals surface area contributed by atoms with Gasteiger partial charge in [0.05, 0.1) is 4.92 Å². The summed E-state index contributed by atoms with van der Waals surface area (Å²) in [6.07, 6.45) is 0. The molecule has 0 unspecified atom stereocenters. The van der Waals surface area contributed by atoms with Crippen molar-refractivity contribution >= 4 is 37.5 Å². The summed E-state index contributed by atoms with van der Waals surface area (Å²) < 4.78 is -0.411. The molecule has 0 atom stereocenters. The molecule has 0 aliphatic heterocycles. The van der Waals surface area contributed by atoms with Gasteiger partial charge in [0.25, 0.3) is 5.69 Å². The quantitative estimate of drug-likeness (QED) is 0.476. The molecule has 0 saturated heterocycles. The Labute approximate surface area is 92.5 Å². The van der Waals surface area contributed by atoms with Crippen LogP contribution in [0.2, 0.25) is 0 Å². The van der Waals surface area contributed by atoms with Crippen LogP contribution in [0.25, 0.3) is 0 Å². The van der Waals surface area contributed by atoms with Crippen molar-refractivity contribution < 1.29 is 4.92 Å². The third kappa shape index (κ3) is 2.77. The Balaban J connectivity index is 3.13. The number of halogens is 2. The van der Waals surface area contributed by atoms with Crippen LogP contribution in [-0.4, -0.2) is 4.92 Å². The highest BCUT2D eigenvalue weighted by Gasteiger charge is 2.20. The largest absolute Gasteiger partial charge is 0.269 e. The maximum atomic E-state index is 10.5. The summed E-state index contributed by atoms with van der Waals surface area (Å²) in [6, 6.07) is 6.48. The zero-order chi connectivity index (χ0) is 10.1. The Kier molecular flexibility index (Phi) is 3.08. The molecule has 0 heterocycles. The van der Waals surface area contributed by atoms with E-state index in [1.165, 1.54) is 12.1 Å². The van der Waals surface area contributed by atoms with E-state index in [9.17, 15) is 10.1 Å². The molecule has 0 radical (unpaired) electrons. The first kappa shape index (κ1) is 10.7. The standard InChI is InChI=1S/C8H7Br2NO2/c1-8(9,10)6-3-2-4-7(5-6)11(12)13/h2-5H,1H3. The number of benzene rings is 1. The van der Waals surface area contributed by atoms with E-state index in [2.05, 4.69) is 31.9 Å². The minimum absolute atomic E-state index is 0.0997. The van der Waals surface area contributed by atoms with Gasteiger partial charge in [0, 0.05) is 12.1 Å². The highest BCUT2D eigenvalue weighted by atomic mass is 79.9. The molecule has 0 spiro atoms. The normalized spacial score (nSPS) is 11.3. The van der Waals surface area contributed by atoms with Gasteiger partial charge in [0.1, 0.15) is 3.23 Å². The molecule has 1 rings (SSSR count). The summed E-state index contributed by atoms with van der Waals surface area (Å²) in [5.41, 5.74) is 0.921. The van der Waals surface area contributed by atoms with Crippen LogP contribution >= 0.6 is 31.9 Å².